The van der Waals surface area contributed by atoms with Gasteiger partial charge in [0.2, 0.25) is 0 Å². The van der Waals surface area contributed by atoms with E-state index in [0.717, 1.165) is 25.7 Å². The third kappa shape index (κ3) is 8.58. The van der Waals surface area contributed by atoms with Crippen LogP contribution in [0.2, 0.25) is 0 Å². The van der Waals surface area contributed by atoms with Crippen molar-refractivity contribution in [1.82, 2.24) is 5.32 Å². The SMILES string of the molecule is COCCOCCCC(C)(C)CCNC1CC1. The van der Waals surface area contributed by atoms with E-state index in [2.05, 4.69) is 19.2 Å². The van der Waals surface area contributed by atoms with Crippen LogP contribution in [0.3, 0.4) is 0 Å². The first-order valence-electron chi connectivity index (χ1n) is 6.94. The van der Waals surface area contributed by atoms with Crippen LogP contribution in [0.15, 0.2) is 0 Å². The summed E-state index contributed by atoms with van der Waals surface area (Å²) in [7, 11) is 1.71. The van der Waals surface area contributed by atoms with E-state index < -0.39 is 0 Å². The second-order valence-corrected chi connectivity index (χ2v) is 5.85. The zero-order chi connectivity index (χ0) is 12.6. The van der Waals surface area contributed by atoms with Gasteiger partial charge in [-0.3, -0.25) is 0 Å². The Morgan fingerprint density at radius 1 is 1.12 bits per heavy atom. The Morgan fingerprint density at radius 3 is 2.53 bits per heavy atom. The Kier molecular flexibility index (Phi) is 7.09. The summed E-state index contributed by atoms with van der Waals surface area (Å²) in [6.07, 6.45) is 6.43. The fraction of sp³-hybridized carbons (Fsp3) is 1.00. The van der Waals surface area contributed by atoms with Crippen molar-refractivity contribution in [2.45, 2.75) is 52.0 Å². The Morgan fingerprint density at radius 2 is 1.88 bits per heavy atom. The summed E-state index contributed by atoms with van der Waals surface area (Å²) < 4.78 is 10.4. The number of nitrogens with one attached hydrogen (secondary N) is 1. The van der Waals surface area contributed by atoms with E-state index in [1.165, 1.54) is 32.2 Å². The molecule has 0 unspecified atom stereocenters. The minimum atomic E-state index is 0.437. The Labute approximate surface area is 106 Å². The molecule has 1 rings (SSSR count). The van der Waals surface area contributed by atoms with Gasteiger partial charge in [-0.1, -0.05) is 13.8 Å². The van der Waals surface area contributed by atoms with E-state index in [1.54, 1.807) is 7.11 Å². The molecule has 102 valence electrons. The van der Waals surface area contributed by atoms with Crippen LogP contribution >= 0.6 is 0 Å². The molecule has 0 aliphatic heterocycles. The topological polar surface area (TPSA) is 30.5 Å². The molecule has 3 nitrogen and oxygen atoms in total. The van der Waals surface area contributed by atoms with Crippen LogP contribution in [-0.2, 0) is 9.47 Å². The molecule has 0 heterocycles. The molecule has 1 aliphatic rings. The third-order valence-electron chi connectivity index (χ3n) is 3.39. The van der Waals surface area contributed by atoms with Crippen LogP contribution in [-0.4, -0.2) is 39.5 Å². The van der Waals surface area contributed by atoms with Gasteiger partial charge in [0.1, 0.15) is 0 Å². The van der Waals surface area contributed by atoms with Crippen LogP contribution in [0.25, 0.3) is 0 Å². The van der Waals surface area contributed by atoms with Gasteiger partial charge in [0.05, 0.1) is 13.2 Å². The van der Waals surface area contributed by atoms with Gasteiger partial charge < -0.3 is 14.8 Å². The van der Waals surface area contributed by atoms with Gasteiger partial charge in [-0.25, -0.2) is 0 Å². The highest BCUT2D eigenvalue weighted by Gasteiger charge is 2.22. The normalized spacial score (nSPS) is 16.4. The first-order valence-corrected chi connectivity index (χ1v) is 6.94. The lowest BCUT2D eigenvalue weighted by molar-refractivity contribution is 0.0645. The average Bonchev–Trinajstić information content (AvgIpc) is 3.07. The maximum Gasteiger partial charge on any atom is 0.0700 e. The summed E-state index contributed by atoms with van der Waals surface area (Å²) in [5, 5.41) is 3.58. The Balaban J connectivity index is 1.90. The first-order chi connectivity index (χ1) is 8.14. The molecule has 17 heavy (non-hydrogen) atoms. The van der Waals surface area contributed by atoms with E-state index in [4.69, 9.17) is 9.47 Å². The van der Waals surface area contributed by atoms with E-state index >= 15 is 0 Å². The monoisotopic (exact) mass is 243 g/mol. The Bertz CT molecular complexity index is 191. The highest BCUT2D eigenvalue weighted by molar-refractivity contribution is 4.81. The number of methoxy groups -OCH3 is 1. The van der Waals surface area contributed by atoms with Crippen molar-refractivity contribution in [3.05, 3.63) is 0 Å². The molecule has 0 aromatic rings. The largest absolute Gasteiger partial charge is 0.382 e. The van der Waals surface area contributed by atoms with Crippen molar-refractivity contribution in [3.63, 3.8) is 0 Å². The predicted molar refractivity (Wildman–Crippen MR) is 71.4 cm³/mol. The molecule has 0 spiro atoms. The summed E-state index contributed by atoms with van der Waals surface area (Å²) >= 11 is 0. The van der Waals surface area contributed by atoms with Gasteiger partial charge in [-0.15, -0.1) is 0 Å². The van der Waals surface area contributed by atoms with Crippen LogP contribution in [0.4, 0.5) is 0 Å². The number of hydrogen-bond acceptors (Lipinski definition) is 3. The van der Waals surface area contributed by atoms with Gasteiger partial charge in [0.25, 0.3) is 0 Å². The molecule has 1 N–H and O–H groups in total. The fourth-order valence-corrected chi connectivity index (χ4v) is 1.92. The van der Waals surface area contributed by atoms with Crippen LogP contribution in [0.1, 0.15) is 46.0 Å². The third-order valence-corrected chi connectivity index (χ3v) is 3.39. The maximum atomic E-state index is 5.48. The number of ether oxygens (including phenoxy) is 2. The second kappa shape index (κ2) is 8.06. The zero-order valence-corrected chi connectivity index (χ0v) is 11.8. The molecule has 0 bridgehead atoms. The second-order valence-electron chi connectivity index (χ2n) is 5.85. The van der Waals surface area contributed by atoms with Crippen molar-refractivity contribution in [1.29, 1.82) is 0 Å². The van der Waals surface area contributed by atoms with Crippen molar-refractivity contribution in [3.8, 4) is 0 Å². The van der Waals surface area contributed by atoms with Crippen LogP contribution in [0, 0.1) is 5.41 Å². The lowest BCUT2D eigenvalue weighted by Gasteiger charge is -2.24. The summed E-state index contributed by atoms with van der Waals surface area (Å²) in [6, 6.07) is 0.836. The molecule has 0 atom stereocenters. The molecule has 1 fully saturated rings. The fourth-order valence-electron chi connectivity index (χ4n) is 1.92. The Hall–Kier alpha value is -0.120. The molecular weight excluding hydrogens is 214 g/mol. The van der Waals surface area contributed by atoms with Gasteiger partial charge in [-0.2, -0.15) is 0 Å². The first kappa shape index (κ1) is 14.9. The highest BCUT2D eigenvalue weighted by Crippen LogP contribution is 2.27. The number of hydrogen-bond donors (Lipinski definition) is 1. The molecule has 1 aliphatic carbocycles. The number of rotatable bonds is 11. The minimum absolute atomic E-state index is 0.437. The standard InChI is InChI=1S/C14H29NO2/c1-14(2,8-9-15-13-5-6-13)7-4-10-17-12-11-16-3/h13,15H,4-12H2,1-3H3. The average molecular weight is 243 g/mol. The van der Waals surface area contributed by atoms with Gasteiger partial charge in [0.15, 0.2) is 0 Å². The van der Waals surface area contributed by atoms with Gasteiger partial charge in [0, 0.05) is 19.8 Å². The lowest BCUT2D eigenvalue weighted by atomic mass is 9.84. The highest BCUT2D eigenvalue weighted by atomic mass is 16.5. The summed E-state index contributed by atoms with van der Waals surface area (Å²) in [4.78, 5) is 0. The molecule has 0 amide bonds. The van der Waals surface area contributed by atoms with Crippen molar-refractivity contribution in [2.24, 2.45) is 5.41 Å². The van der Waals surface area contributed by atoms with E-state index in [9.17, 15) is 0 Å². The molecule has 0 aromatic heterocycles. The quantitative estimate of drug-likeness (QED) is 0.566. The van der Waals surface area contributed by atoms with Crippen molar-refractivity contribution < 1.29 is 9.47 Å². The van der Waals surface area contributed by atoms with E-state index in [-0.39, 0.29) is 0 Å². The molecule has 1 saturated carbocycles. The van der Waals surface area contributed by atoms with Crippen LogP contribution < -0.4 is 5.32 Å². The van der Waals surface area contributed by atoms with E-state index in [1.807, 2.05) is 0 Å². The summed E-state index contributed by atoms with van der Waals surface area (Å²) in [5.74, 6) is 0. The molecule has 0 radical (unpaired) electrons. The maximum absolute atomic E-state index is 5.48. The van der Waals surface area contributed by atoms with Gasteiger partial charge >= 0.3 is 0 Å². The minimum Gasteiger partial charge on any atom is -0.382 e. The van der Waals surface area contributed by atoms with E-state index in [0.29, 0.717) is 12.0 Å². The lowest BCUT2D eigenvalue weighted by Crippen LogP contribution is -2.24. The summed E-state index contributed by atoms with van der Waals surface area (Å²) in [5.41, 5.74) is 0.437. The van der Waals surface area contributed by atoms with Crippen molar-refractivity contribution >= 4 is 0 Å². The predicted octanol–water partition coefficient (Wildman–Crippen LogP) is 2.60. The molecular formula is C14H29NO2. The smallest absolute Gasteiger partial charge is 0.0700 e. The summed E-state index contributed by atoms with van der Waals surface area (Å²) in [6.45, 7) is 8.17. The van der Waals surface area contributed by atoms with Crippen molar-refractivity contribution in [2.75, 3.05) is 33.5 Å². The zero-order valence-electron chi connectivity index (χ0n) is 11.8. The van der Waals surface area contributed by atoms with Crippen LogP contribution in [0.5, 0.6) is 0 Å². The molecule has 0 saturated heterocycles. The molecule has 3 heteroatoms. The molecule has 0 aromatic carbocycles. The van der Waals surface area contributed by atoms with Gasteiger partial charge in [-0.05, 0) is 44.1 Å².